The van der Waals surface area contributed by atoms with Gasteiger partial charge in [-0.25, -0.2) is 8.78 Å². The van der Waals surface area contributed by atoms with Gasteiger partial charge in [-0.3, -0.25) is 0 Å². The quantitative estimate of drug-likeness (QED) is 0.865. The van der Waals surface area contributed by atoms with E-state index in [0.717, 1.165) is 6.07 Å². The van der Waals surface area contributed by atoms with E-state index in [4.69, 9.17) is 17.3 Å². The molecule has 5 heteroatoms. The van der Waals surface area contributed by atoms with Crippen LogP contribution in [-0.2, 0) is 0 Å². The molecule has 0 saturated heterocycles. The molecule has 0 heterocycles. The van der Waals surface area contributed by atoms with Gasteiger partial charge in [0.25, 0.3) is 0 Å². The van der Waals surface area contributed by atoms with Gasteiger partial charge < -0.3 is 5.73 Å². The Kier molecular flexibility index (Phi) is 4.00. The van der Waals surface area contributed by atoms with Crippen LogP contribution in [0.25, 0.3) is 0 Å². The van der Waals surface area contributed by atoms with Gasteiger partial charge in [-0.15, -0.1) is 0 Å². The zero-order valence-corrected chi connectivity index (χ0v) is 11.5. The minimum Gasteiger partial charge on any atom is -0.320 e. The molecular weight excluding hydrogens is 324 g/mol. The molecule has 2 aromatic carbocycles. The summed E-state index contributed by atoms with van der Waals surface area (Å²) < 4.78 is 27.4. The third-order valence-electron chi connectivity index (χ3n) is 2.59. The number of hydrogen-bond acceptors (Lipinski definition) is 1. The minimum absolute atomic E-state index is 0.182. The Morgan fingerprint density at radius 3 is 2.44 bits per heavy atom. The normalized spacial score (nSPS) is 12.5. The van der Waals surface area contributed by atoms with Crippen LogP contribution >= 0.6 is 27.5 Å². The van der Waals surface area contributed by atoms with E-state index in [1.165, 1.54) is 18.2 Å². The van der Waals surface area contributed by atoms with Gasteiger partial charge in [0.1, 0.15) is 11.6 Å². The van der Waals surface area contributed by atoms with Crippen molar-refractivity contribution in [2.45, 2.75) is 6.04 Å². The van der Waals surface area contributed by atoms with E-state index >= 15 is 0 Å². The van der Waals surface area contributed by atoms with Crippen molar-refractivity contribution in [3.63, 3.8) is 0 Å². The summed E-state index contributed by atoms with van der Waals surface area (Å²) in [7, 11) is 0. The van der Waals surface area contributed by atoms with Gasteiger partial charge in [0.15, 0.2) is 0 Å². The van der Waals surface area contributed by atoms with Crippen molar-refractivity contribution >= 4 is 27.5 Å². The maximum atomic E-state index is 13.7. The summed E-state index contributed by atoms with van der Waals surface area (Å²) in [6.45, 7) is 0. The lowest BCUT2D eigenvalue weighted by molar-refractivity contribution is 0.598. The van der Waals surface area contributed by atoms with Gasteiger partial charge in [-0.1, -0.05) is 33.6 Å². The van der Waals surface area contributed by atoms with Crippen molar-refractivity contribution in [2.24, 2.45) is 5.73 Å². The second-order valence-corrected chi connectivity index (χ2v) is 5.13. The molecule has 2 aromatic rings. The van der Waals surface area contributed by atoms with Crippen molar-refractivity contribution in [1.82, 2.24) is 0 Å². The van der Waals surface area contributed by atoms with E-state index in [1.54, 1.807) is 12.1 Å². The zero-order chi connectivity index (χ0) is 13.3. The van der Waals surface area contributed by atoms with Crippen LogP contribution in [0.5, 0.6) is 0 Å². The lowest BCUT2D eigenvalue weighted by Gasteiger charge is -2.15. The fourth-order valence-corrected chi connectivity index (χ4v) is 2.34. The van der Waals surface area contributed by atoms with Crippen molar-refractivity contribution in [3.05, 3.63) is 68.7 Å². The first-order valence-corrected chi connectivity index (χ1v) is 6.31. The average Bonchev–Trinajstić information content (AvgIpc) is 2.31. The summed E-state index contributed by atoms with van der Waals surface area (Å²) in [4.78, 5) is 0. The van der Waals surface area contributed by atoms with Crippen molar-refractivity contribution in [3.8, 4) is 0 Å². The van der Waals surface area contributed by atoms with Crippen molar-refractivity contribution in [2.75, 3.05) is 0 Å². The van der Waals surface area contributed by atoms with E-state index in [-0.39, 0.29) is 5.02 Å². The van der Waals surface area contributed by atoms with Crippen LogP contribution in [0.4, 0.5) is 8.78 Å². The lowest BCUT2D eigenvalue weighted by atomic mass is 9.99. The van der Waals surface area contributed by atoms with E-state index in [1.807, 2.05) is 0 Å². The predicted octanol–water partition coefficient (Wildman–Crippen LogP) is 4.43. The molecule has 0 aliphatic carbocycles. The Balaban J connectivity index is 2.47. The molecule has 0 aliphatic heterocycles. The number of hydrogen-bond donors (Lipinski definition) is 1. The van der Waals surface area contributed by atoms with Gasteiger partial charge in [0.2, 0.25) is 0 Å². The standard InChI is InChI=1S/C13H9BrClF2N/c14-7-1-4-12(17)10(5-7)13(18)9-3-2-8(16)6-11(9)15/h1-6,13H,18H2. The van der Waals surface area contributed by atoms with Gasteiger partial charge in [0, 0.05) is 15.1 Å². The van der Waals surface area contributed by atoms with Gasteiger partial charge >= 0.3 is 0 Å². The fourth-order valence-electron chi connectivity index (χ4n) is 1.67. The van der Waals surface area contributed by atoms with Crippen LogP contribution in [0.3, 0.4) is 0 Å². The number of halogens is 4. The maximum Gasteiger partial charge on any atom is 0.128 e. The topological polar surface area (TPSA) is 26.0 Å². The summed E-state index contributed by atoms with van der Waals surface area (Å²) in [5, 5.41) is 0.182. The molecule has 94 valence electrons. The second kappa shape index (κ2) is 5.34. The third-order valence-corrected chi connectivity index (χ3v) is 3.41. The highest BCUT2D eigenvalue weighted by atomic mass is 79.9. The molecular formula is C13H9BrClF2N. The average molecular weight is 333 g/mol. The van der Waals surface area contributed by atoms with Crippen LogP contribution in [0, 0.1) is 11.6 Å². The van der Waals surface area contributed by atoms with E-state index in [0.29, 0.717) is 15.6 Å². The van der Waals surface area contributed by atoms with E-state index < -0.39 is 17.7 Å². The van der Waals surface area contributed by atoms with Crippen LogP contribution in [-0.4, -0.2) is 0 Å². The summed E-state index contributed by atoms with van der Waals surface area (Å²) in [6, 6.07) is 7.61. The van der Waals surface area contributed by atoms with Crippen LogP contribution in [0.15, 0.2) is 40.9 Å². The molecule has 2 N–H and O–H groups in total. The Morgan fingerprint density at radius 2 is 1.78 bits per heavy atom. The molecule has 0 amide bonds. The molecule has 0 aliphatic rings. The highest BCUT2D eigenvalue weighted by Gasteiger charge is 2.17. The fraction of sp³-hybridized carbons (Fsp3) is 0.0769. The SMILES string of the molecule is NC(c1cc(Br)ccc1F)c1ccc(F)cc1Cl. The highest BCUT2D eigenvalue weighted by Crippen LogP contribution is 2.30. The largest absolute Gasteiger partial charge is 0.320 e. The Labute approximate surface area is 117 Å². The number of benzene rings is 2. The van der Waals surface area contributed by atoms with Gasteiger partial charge in [-0.05, 0) is 35.9 Å². The minimum atomic E-state index is -0.740. The molecule has 1 nitrogen and oxygen atoms in total. The van der Waals surface area contributed by atoms with Crippen LogP contribution < -0.4 is 5.73 Å². The first kappa shape index (κ1) is 13.5. The summed E-state index contributed by atoms with van der Waals surface area (Å²) in [5.41, 5.74) is 6.75. The van der Waals surface area contributed by atoms with E-state index in [2.05, 4.69) is 15.9 Å². The highest BCUT2D eigenvalue weighted by molar-refractivity contribution is 9.10. The van der Waals surface area contributed by atoms with E-state index in [9.17, 15) is 8.78 Å². The van der Waals surface area contributed by atoms with Crippen molar-refractivity contribution < 1.29 is 8.78 Å². The monoisotopic (exact) mass is 331 g/mol. The Bertz CT molecular complexity index is 589. The molecule has 18 heavy (non-hydrogen) atoms. The number of rotatable bonds is 2. The van der Waals surface area contributed by atoms with Crippen molar-refractivity contribution in [1.29, 1.82) is 0 Å². The molecule has 0 aromatic heterocycles. The van der Waals surface area contributed by atoms with Gasteiger partial charge in [-0.2, -0.15) is 0 Å². The Morgan fingerprint density at radius 1 is 1.06 bits per heavy atom. The molecule has 0 bridgehead atoms. The molecule has 0 fully saturated rings. The summed E-state index contributed by atoms with van der Waals surface area (Å²) >= 11 is 9.16. The second-order valence-electron chi connectivity index (χ2n) is 3.81. The van der Waals surface area contributed by atoms with Crippen LogP contribution in [0.2, 0.25) is 5.02 Å². The Hall–Kier alpha value is -0.970. The summed E-state index contributed by atoms with van der Waals surface area (Å²) in [5.74, 6) is -0.878. The maximum absolute atomic E-state index is 13.7. The summed E-state index contributed by atoms with van der Waals surface area (Å²) in [6.07, 6.45) is 0. The van der Waals surface area contributed by atoms with Crippen LogP contribution in [0.1, 0.15) is 17.2 Å². The third kappa shape index (κ3) is 2.71. The first-order chi connectivity index (χ1) is 8.49. The molecule has 1 atom stereocenters. The molecule has 1 unspecified atom stereocenters. The molecule has 0 spiro atoms. The number of nitrogens with two attached hydrogens (primary N) is 1. The predicted molar refractivity (Wildman–Crippen MR) is 71.5 cm³/mol. The smallest absolute Gasteiger partial charge is 0.128 e. The van der Waals surface area contributed by atoms with Gasteiger partial charge in [0.05, 0.1) is 6.04 Å². The first-order valence-electron chi connectivity index (χ1n) is 5.14. The molecule has 0 radical (unpaired) electrons. The zero-order valence-electron chi connectivity index (χ0n) is 9.13. The molecule has 2 rings (SSSR count). The molecule has 0 saturated carbocycles. The lowest BCUT2D eigenvalue weighted by Crippen LogP contribution is -2.14.